The minimum absolute atomic E-state index is 0.217. The van der Waals surface area contributed by atoms with E-state index < -0.39 is 0 Å². The molecule has 0 aromatic carbocycles. The summed E-state index contributed by atoms with van der Waals surface area (Å²) >= 11 is 0. The van der Waals surface area contributed by atoms with Crippen molar-refractivity contribution >= 4 is 11.8 Å². The summed E-state index contributed by atoms with van der Waals surface area (Å²) in [5.41, 5.74) is 1.52. The van der Waals surface area contributed by atoms with Crippen molar-refractivity contribution in [3.05, 3.63) is 29.6 Å². The molecule has 0 unspecified atom stereocenters. The van der Waals surface area contributed by atoms with E-state index in [2.05, 4.69) is 35.7 Å². The SMILES string of the molecule is CCC[C@H]1COC(c2cccc(C3=N[C@@H](C(C)C)CO3)n2)=N1. The van der Waals surface area contributed by atoms with Gasteiger partial charge in [-0.05, 0) is 24.5 Å². The van der Waals surface area contributed by atoms with Gasteiger partial charge < -0.3 is 9.47 Å². The molecule has 2 aliphatic heterocycles. The number of ether oxygens (including phenoxy) is 2. The van der Waals surface area contributed by atoms with Gasteiger partial charge in [0.05, 0.1) is 12.1 Å². The molecular weight excluding hydrogens is 278 g/mol. The van der Waals surface area contributed by atoms with Crippen LogP contribution in [0.4, 0.5) is 0 Å². The van der Waals surface area contributed by atoms with Crippen molar-refractivity contribution in [3.8, 4) is 0 Å². The molecule has 0 saturated carbocycles. The summed E-state index contributed by atoms with van der Waals surface area (Å²) in [6, 6.07) is 6.27. The highest BCUT2D eigenvalue weighted by atomic mass is 16.5. The lowest BCUT2D eigenvalue weighted by molar-refractivity contribution is 0.291. The number of nitrogens with zero attached hydrogens (tertiary/aromatic N) is 3. The van der Waals surface area contributed by atoms with Crippen molar-refractivity contribution < 1.29 is 9.47 Å². The van der Waals surface area contributed by atoms with Gasteiger partial charge in [0, 0.05) is 0 Å². The van der Waals surface area contributed by atoms with Gasteiger partial charge in [0.15, 0.2) is 0 Å². The summed E-state index contributed by atoms with van der Waals surface area (Å²) in [7, 11) is 0. The summed E-state index contributed by atoms with van der Waals surface area (Å²) in [4.78, 5) is 13.8. The molecule has 5 heteroatoms. The maximum absolute atomic E-state index is 5.70. The molecular formula is C17H23N3O2. The second-order valence-electron chi connectivity index (χ2n) is 6.15. The first-order valence-corrected chi connectivity index (χ1v) is 8.06. The van der Waals surface area contributed by atoms with Crippen LogP contribution >= 0.6 is 0 Å². The zero-order valence-corrected chi connectivity index (χ0v) is 13.5. The van der Waals surface area contributed by atoms with Gasteiger partial charge in [-0.3, -0.25) is 0 Å². The van der Waals surface area contributed by atoms with E-state index >= 15 is 0 Å². The first-order chi connectivity index (χ1) is 10.7. The molecule has 2 atom stereocenters. The molecule has 0 N–H and O–H groups in total. The van der Waals surface area contributed by atoms with E-state index in [9.17, 15) is 0 Å². The second kappa shape index (κ2) is 6.46. The molecule has 2 aliphatic rings. The van der Waals surface area contributed by atoms with E-state index in [0.29, 0.717) is 30.9 Å². The molecule has 0 radical (unpaired) electrons. The molecule has 0 bridgehead atoms. The fraction of sp³-hybridized carbons (Fsp3) is 0.588. The van der Waals surface area contributed by atoms with Crippen LogP contribution < -0.4 is 0 Å². The predicted octanol–water partition coefficient (Wildman–Crippen LogP) is 2.83. The van der Waals surface area contributed by atoms with E-state index in [4.69, 9.17) is 9.47 Å². The maximum Gasteiger partial charge on any atom is 0.235 e. The highest BCUT2D eigenvalue weighted by Gasteiger charge is 2.25. The van der Waals surface area contributed by atoms with Crippen molar-refractivity contribution in [3.63, 3.8) is 0 Å². The van der Waals surface area contributed by atoms with E-state index in [-0.39, 0.29) is 12.1 Å². The van der Waals surface area contributed by atoms with Gasteiger partial charge in [-0.1, -0.05) is 33.3 Å². The maximum atomic E-state index is 5.70. The molecule has 0 aliphatic carbocycles. The van der Waals surface area contributed by atoms with Gasteiger partial charge in [-0.15, -0.1) is 0 Å². The summed E-state index contributed by atoms with van der Waals surface area (Å²) < 4.78 is 11.4. The largest absolute Gasteiger partial charge is 0.474 e. The third-order valence-corrected chi connectivity index (χ3v) is 3.96. The molecule has 1 aromatic heterocycles. The topological polar surface area (TPSA) is 56.1 Å². The van der Waals surface area contributed by atoms with E-state index in [0.717, 1.165) is 24.2 Å². The van der Waals surface area contributed by atoms with Crippen LogP contribution in [0, 0.1) is 5.92 Å². The first-order valence-electron chi connectivity index (χ1n) is 8.06. The van der Waals surface area contributed by atoms with Crippen molar-refractivity contribution in [2.24, 2.45) is 15.9 Å². The Bertz CT molecular complexity index is 595. The molecule has 118 valence electrons. The quantitative estimate of drug-likeness (QED) is 0.840. The van der Waals surface area contributed by atoms with E-state index in [1.165, 1.54) is 0 Å². The average Bonchev–Trinajstić information content (AvgIpc) is 3.17. The predicted molar refractivity (Wildman–Crippen MR) is 86.5 cm³/mol. The number of hydrogen-bond donors (Lipinski definition) is 0. The van der Waals surface area contributed by atoms with Crippen molar-refractivity contribution in [2.45, 2.75) is 45.7 Å². The number of aromatic nitrogens is 1. The lowest BCUT2D eigenvalue weighted by Gasteiger charge is -2.06. The molecule has 0 saturated heterocycles. The van der Waals surface area contributed by atoms with Gasteiger partial charge in [-0.25, -0.2) is 15.0 Å². The zero-order chi connectivity index (χ0) is 15.5. The Morgan fingerprint density at radius 1 is 1.09 bits per heavy atom. The van der Waals surface area contributed by atoms with Crippen LogP contribution in [0.1, 0.15) is 45.0 Å². The van der Waals surface area contributed by atoms with Crippen molar-refractivity contribution in [1.82, 2.24) is 4.98 Å². The number of hydrogen-bond acceptors (Lipinski definition) is 5. The lowest BCUT2D eigenvalue weighted by atomic mass is 10.1. The molecule has 0 spiro atoms. The van der Waals surface area contributed by atoms with Gasteiger partial charge >= 0.3 is 0 Å². The fourth-order valence-corrected chi connectivity index (χ4v) is 2.58. The Labute approximate surface area is 131 Å². The fourth-order valence-electron chi connectivity index (χ4n) is 2.58. The minimum Gasteiger partial charge on any atom is -0.474 e. The Balaban J connectivity index is 1.79. The van der Waals surface area contributed by atoms with Crippen molar-refractivity contribution in [2.75, 3.05) is 13.2 Å². The normalized spacial score (nSPS) is 24.0. The minimum atomic E-state index is 0.217. The van der Waals surface area contributed by atoms with Crippen LogP contribution in [-0.2, 0) is 9.47 Å². The van der Waals surface area contributed by atoms with Gasteiger partial charge in [0.25, 0.3) is 0 Å². The van der Waals surface area contributed by atoms with Crippen molar-refractivity contribution in [1.29, 1.82) is 0 Å². The highest BCUT2D eigenvalue weighted by molar-refractivity contribution is 5.97. The van der Waals surface area contributed by atoms with Gasteiger partial charge in [-0.2, -0.15) is 0 Å². The van der Waals surface area contributed by atoms with Crippen LogP contribution in [0.5, 0.6) is 0 Å². The number of pyridine rings is 1. The Kier molecular flexibility index (Phi) is 4.41. The van der Waals surface area contributed by atoms with Crippen LogP contribution in [0.3, 0.4) is 0 Å². The van der Waals surface area contributed by atoms with Crippen LogP contribution in [-0.4, -0.2) is 42.1 Å². The second-order valence-corrected chi connectivity index (χ2v) is 6.15. The molecule has 0 amide bonds. The molecule has 1 aromatic rings. The Morgan fingerprint density at radius 2 is 1.77 bits per heavy atom. The zero-order valence-electron chi connectivity index (χ0n) is 13.5. The molecule has 0 fully saturated rings. The van der Waals surface area contributed by atoms with E-state index in [1.807, 2.05) is 18.2 Å². The summed E-state index contributed by atoms with van der Waals surface area (Å²) in [5.74, 6) is 1.74. The monoisotopic (exact) mass is 301 g/mol. The van der Waals surface area contributed by atoms with Crippen LogP contribution in [0.25, 0.3) is 0 Å². The van der Waals surface area contributed by atoms with Gasteiger partial charge in [0.1, 0.15) is 24.6 Å². The highest BCUT2D eigenvalue weighted by Crippen LogP contribution is 2.18. The summed E-state index contributed by atoms with van der Waals surface area (Å²) in [6.07, 6.45) is 2.16. The average molecular weight is 301 g/mol. The van der Waals surface area contributed by atoms with Crippen LogP contribution in [0.15, 0.2) is 28.2 Å². The lowest BCUT2D eigenvalue weighted by Crippen LogP contribution is -2.13. The molecule has 22 heavy (non-hydrogen) atoms. The Morgan fingerprint density at radius 3 is 2.41 bits per heavy atom. The number of aliphatic imine (C=N–C) groups is 2. The third kappa shape index (κ3) is 3.13. The summed E-state index contributed by atoms with van der Waals surface area (Å²) in [6.45, 7) is 7.75. The molecule has 5 nitrogen and oxygen atoms in total. The van der Waals surface area contributed by atoms with E-state index in [1.54, 1.807) is 0 Å². The third-order valence-electron chi connectivity index (χ3n) is 3.96. The standard InChI is InChI=1S/C17H23N3O2/c1-4-6-12-9-21-16(18-12)13-7-5-8-14(19-13)17-20-15(10-22-17)11(2)3/h5,7-8,11-12,15H,4,6,9-10H2,1-3H3/t12-,15+/m0/s1. The summed E-state index contributed by atoms with van der Waals surface area (Å²) in [5, 5.41) is 0. The number of rotatable bonds is 5. The first kappa shape index (κ1) is 15.0. The molecule has 3 heterocycles. The van der Waals surface area contributed by atoms with Crippen LogP contribution in [0.2, 0.25) is 0 Å². The molecule has 3 rings (SSSR count). The Hall–Kier alpha value is -1.91. The van der Waals surface area contributed by atoms with Gasteiger partial charge in [0.2, 0.25) is 11.8 Å². The smallest absolute Gasteiger partial charge is 0.235 e.